The molecule has 3 amide bonds. The number of alkyl halides is 3. The molecule has 0 aromatic heterocycles. The quantitative estimate of drug-likeness (QED) is 0.783. The number of carbonyl (C=O) groups is 2. The van der Waals surface area contributed by atoms with Gasteiger partial charge in [-0.05, 0) is 49.3 Å². The maximum atomic E-state index is 13.0. The van der Waals surface area contributed by atoms with Crippen LogP contribution < -0.4 is 10.6 Å². The number of carbonyl (C=O) groups excluding carboxylic acids is 2. The predicted octanol–water partition coefficient (Wildman–Crippen LogP) is 3.89. The molecule has 1 aromatic rings. The molecule has 3 rings (SSSR count). The van der Waals surface area contributed by atoms with E-state index in [1.165, 1.54) is 4.90 Å². The predicted molar refractivity (Wildman–Crippen MR) is 98.8 cm³/mol. The third kappa shape index (κ3) is 5.10. The van der Waals surface area contributed by atoms with E-state index in [1.807, 2.05) is 0 Å². The number of halogens is 4. The molecule has 1 heterocycles. The summed E-state index contributed by atoms with van der Waals surface area (Å²) in [6, 6.07) is 6.16. The van der Waals surface area contributed by atoms with Crippen molar-refractivity contribution in [2.24, 2.45) is 11.8 Å². The van der Waals surface area contributed by atoms with E-state index in [0.717, 1.165) is 5.56 Å². The Bertz CT molecular complexity index is 703. The molecule has 1 aliphatic carbocycles. The fraction of sp³-hybridized carbons (Fsp3) is 0.579. The highest BCUT2D eigenvalue weighted by Crippen LogP contribution is 2.43. The Labute approximate surface area is 166 Å². The summed E-state index contributed by atoms with van der Waals surface area (Å²) in [5.74, 6) is -1.62. The molecule has 0 bridgehead atoms. The van der Waals surface area contributed by atoms with Crippen LogP contribution in [0.3, 0.4) is 0 Å². The molecule has 2 fully saturated rings. The minimum Gasteiger partial charge on any atom is -0.353 e. The van der Waals surface area contributed by atoms with Crippen LogP contribution in [0.25, 0.3) is 0 Å². The van der Waals surface area contributed by atoms with Crippen molar-refractivity contribution in [2.75, 3.05) is 19.6 Å². The second-order valence-electron chi connectivity index (χ2n) is 7.40. The second kappa shape index (κ2) is 8.59. The van der Waals surface area contributed by atoms with Crippen LogP contribution in [0.1, 0.15) is 37.3 Å². The van der Waals surface area contributed by atoms with E-state index in [4.69, 9.17) is 11.6 Å². The van der Waals surface area contributed by atoms with Crippen molar-refractivity contribution in [2.45, 2.75) is 37.9 Å². The number of hydrogen-bond donors (Lipinski definition) is 2. The van der Waals surface area contributed by atoms with Gasteiger partial charge in [0.1, 0.15) is 6.54 Å². The van der Waals surface area contributed by atoms with E-state index in [9.17, 15) is 22.8 Å². The number of nitrogens with zero attached hydrogens (tertiary/aromatic N) is 1. The van der Waals surface area contributed by atoms with Gasteiger partial charge in [-0.25, -0.2) is 4.79 Å². The van der Waals surface area contributed by atoms with Gasteiger partial charge in [0.25, 0.3) is 0 Å². The zero-order valence-corrected chi connectivity index (χ0v) is 16.0. The minimum atomic E-state index is -4.18. The lowest BCUT2D eigenvalue weighted by molar-refractivity contribution is -0.184. The third-order valence-electron chi connectivity index (χ3n) is 5.54. The fourth-order valence-electron chi connectivity index (χ4n) is 3.96. The molecule has 28 heavy (non-hydrogen) atoms. The Balaban J connectivity index is 1.73. The summed E-state index contributed by atoms with van der Waals surface area (Å²) in [5, 5.41) is 6.15. The number of nitrogens with one attached hydrogen (secondary N) is 2. The number of piperazine rings is 1. The summed E-state index contributed by atoms with van der Waals surface area (Å²) in [6.07, 6.45) is -3.32. The molecule has 0 spiro atoms. The standard InChI is InChI=1S/C19H23ClF3N3O2/c20-15-7-3-13(4-8-15)17(12-1-5-14(6-2-12)19(21,22)23)25-18(28)26-10-9-24-16(27)11-26/h3-4,7-8,12,14,17H,1-2,5-6,9-11H2,(H,24,27)(H,25,28)/t12-,14-,17-/m0/s1. The van der Waals surface area contributed by atoms with Crippen LogP contribution in [0.2, 0.25) is 5.02 Å². The van der Waals surface area contributed by atoms with E-state index in [0.29, 0.717) is 31.0 Å². The normalized spacial score (nSPS) is 24.4. The van der Waals surface area contributed by atoms with Gasteiger partial charge < -0.3 is 15.5 Å². The lowest BCUT2D eigenvalue weighted by atomic mass is 9.76. The molecule has 1 atom stereocenters. The molecule has 154 valence electrons. The fourth-order valence-corrected chi connectivity index (χ4v) is 4.09. The highest BCUT2D eigenvalue weighted by molar-refractivity contribution is 6.30. The Morgan fingerprint density at radius 3 is 2.39 bits per heavy atom. The lowest BCUT2D eigenvalue weighted by Crippen LogP contribution is -2.54. The maximum absolute atomic E-state index is 13.0. The smallest absolute Gasteiger partial charge is 0.353 e. The number of rotatable bonds is 3. The van der Waals surface area contributed by atoms with Crippen molar-refractivity contribution in [3.8, 4) is 0 Å². The van der Waals surface area contributed by atoms with Gasteiger partial charge in [-0.3, -0.25) is 4.79 Å². The molecule has 1 aliphatic heterocycles. The molecule has 1 saturated heterocycles. The topological polar surface area (TPSA) is 61.4 Å². The van der Waals surface area contributed by atoms with Crippen molar-refractivity contribution in [3.63, 3.8) is 0 Å². The first-order chi connectivity index (χ1) is 13.2. The summed E-state index contributed by atoms with van der Waals surface area (Å²) in [4.78, 5) is 25.7. The first-order valence-electron chi connectivity index (χ1n) is 9.38. The second-order valence-corrected chi connectivity index (χ2v) is 7.84. The average molecular weight is 418 g/mol. The van der Waals surface area contributed by atoms with Crippen molar-refractivity contribution >= 4 is 23.5 Å². The van der Waals surface area contributed by atoms with Crippen LogP contribution in [0.4, 0.5) is 18.0 Å². The molecular formula is C19H23ClF3N3O2. The summed E-state index contributed by atoms with van der Waals surface area (Å²) >= 11 is 5.95. The van der Waals surface area contributed by atoms with Gasteiger partial charge in [0.05, 0.1) is 12.0 Å². The number of benzene rings is 1. The largest absolute Gasteiger partial charge is 0.391 e. The Morgan fingerprint density at radius 1 is 1.18 bits per heavy atom. The summed E-state index contributed by atoms with van der Waals surface area (Å²) < 4.78 is 39.0. The maximum Gasteiger partial charge on any atom is 0.391 e. The van der Waals surface area contributed by atoms with Crippen LogP contribution in [0.15, 0.2) is 24.3 Å². The Hall–Kier alpha value is -1.96. The SMILES string of the molecule is O=C1CN(C(=O)N[C@H](c2ccc(Cl)cc2)[C@H]2CC[C@H](C(F)(F)F)CC2)CCN1. The molecule has 1 saturated carbocycles. The Kier molecular flexibility index (Phi) is 6.37. The summed E-state index contributed by atoms with van der Waals surface area (Å²) in [6.45, 7) is 0.750. The number of urea groups is 1. The lowest BCUT2D eigenvalue weighted by Gasteiger charge is -2.36. The zero-order valence-electron chi connectivity index (χ0n) is 15.3. The van der Waals surface area contributed by atoms with E-state index in [1.54, 1.807) is 24.3 Å². The Morgan fingerprint density at radius 2 is 1.82 bits per heavy atom. The summed E-state index contributed by atoms with van der Waals surface area (Å²) in [5.41, 5.74) is 0.801. The van der Waals surface area contributed by atoms with Crippen LogP contribution >= 0.6 is 11.6 Å². The van der Waals surface area contributed by atoms with E-state index < -0.39 is 18.1 Å². The van der Waals surface area contributed by atoms with Gasteiger partial charge in [-0.2, -0.15) is 13.2 Å². The van der Waals surface area contributed by atoms with Crippen molar-refractivity contribution in [3.05, 3.63) is 34.9 Å². The van der Waals surface area contributed by atoms with E-state index in [2.05, 4.69) is 10.6 Å². The molecule has 5 nitrogen and oxygen atoms in total. The van der Waals surface area contributed by atoms with E-state index >= 15 is 0 Å². The van der Waals surface area contributed by atoms with Gasteiger partial charge in [0.15, 0.2) is 0 Å². The highest BCUT2D eigenvalue weighted by Gasteiger charge is 2.43. The van der Waals surface area contributed by atoms with Crippen LogP contribution in [-0.4, -0.2) is 42.6 Å². The minimum absolute atomic E-state index is 0.0278. The van der Waals surface area contributed by atoms with Crippen LogP contribution in [0, 0.1) is 11.8 Å². The van der Waals surface area contributed by atoms with Gasteiger partial charge in [-0.1, -0.05) is 23.7 Å². The third-order valence-corrected chi connectivity index (χ3v) is 5.79. The van der Waals surface area contributed by atoms with Gasteiger partial charge in [0, 0.05) is 18.1 Å². The number of amides is 3. The van der Waals surface area contributed by atoms with Crippen molar-refractivity contribution in [1.82, 2.24) is 15.5 Å². The monoisotopic (exact) mass is 417 g/mol. The molecular weight excluding hydrogens is 395 g/mol. The average Bonchev–Trinajstić information content (AvgIpc) is 2.66. The van der Waals surface area contributed by atoms with Gasteiger partial charge in [-0.15, -0.1) is 0 Å². The summed E-state index contributed by atoms with van der Waals surface area (Å²) in [7, 11) is 0. The van der Waals surface area contributed by atoms with Gasteiger partial charge >= 0.3 is 12.2 Å². The molecule has 2 aliphatic rings. The first-order valence-corrected chi connectivity index (χ1v) is 9.76. The molecule has 2 N–H and O–H groups in total. The van der Waals surface area contributed by atoms with Crippen molar-refractivity contribution in [1.29, 1.82) is 0 Å². The number of hydrogen-bond acceptors (Lipinski definition) is 2. The van der Waals surface area contributed by atoms with Crippen LogP contribution in [0.5, 0.6) is 0 Å². The zero-order chi connectivity index (χ0) is 20.3. The van der Waals surface area contributed by atoms with Gasteiger partial charge in [0.2, 0.25) is 5.91 Å². The molecule has 0 radical (unpaired) electrons. The molecule has 0 unspecified atom stereocenters. The molecule has 1 aromatic carbocycles. The van der Waals surface area contributed by atoms with E-state index in [-0.39, 0.29) is 37.2 Å². The molecule has 9 heteroatoms. The van der Waals surface area contributed by atoms with Crippen molar-refractivity contribution < 1.29 is 22.8 Å². The first kappa shape index (κ1) is 20.8. The highest BCUT2D eigenvalue weighted by atomic mass is 35.5. The van der Waals surface area contributed by atoms with Crippen LogP contribution in [-0.2, 0) is 4.79 Å².